The number of benzene rings is 1. The molecule has 1 atom stereocenters. The van der Waals surface area contributed by atoms with Crippen LogP contribution in [0.2, 0.25) is 0 Å². The van der Waals surface area contributed by atoms with E-state index in [-0.39, 0.29) is 11.8 Å². The summed E-state index contributed by atoms with van der Waals surface area (Å²) in [6.07, 6.45) is 0. The lowest BCUT2D eigenvalue weighted by molar-refractivity contribution is 0.0559. The van der Waals surface area contributed by atoms with Crippen LogP contribution in [0.25, 0.3) is 0 Å². The molecule has 1 aromatic heterocycles. The number of esters is 1. The lowest BCUT2D eigenvalue weighted by Crippen LogP contribution is -2.21. The molecular formula is C16H18BrNO3. The second-order valence-corrected chi connectivity index (χ2v) is 5.83. The molecule has 0 aliphatic carbocycles. The van der Waals surface area contributed by atoms with E-state index in [4.69, 9.17) is 4.42 Å². The predicted octanol–water partition coefficient (Wildman–Crippen LogP) is 4.02. The summed E-state index contributed by atoms with van der Waals surface area (Å²) in [4.78, 5) is 13.6. The molecule has 0 aliphatic rings. The molecule has 0 saturated carbocycles. The molecule has 0 N–H and O–H groups in total. The lowest BCUT2D eigenvalue weighted by atomic mass is 10.1. The number of hydrogen-bond acceptors (Lipinski definition) is 4. The molecule has 1 unspecified atom stereocenters. The maximum atomic E-state index is 11.4. The predicted molar refractivity (Wildman–Crippen MR) is 84.1 cm³/mol. The zero-order chi connectivity index (χ0) is 15.4. The van der Waals surface area contributed by atoms with Gasteiger partial charge in [0, 0.05) is 11.0 Å². The van der Waals surface area contributed by atoms with Gasteiger partial charge in [0.25, 0.3) is 0 Å². The minimum Gasteiger partial charge on any atom is -0.463 e. The van der Waals surface area contributed by atoms with E-state index in [1.165, 1.54) is 12.7 Å². The van der Waals surface area contributed by atoms with Gasteiger partial charge in [0.2, 0.25) is 5.76 Å². The Kier molecular flexibility index (Phi) is 5.20. The third-order valence-corrected chi connectivity index (χ3v) is 3.90. The monoisotopic (exact) mass is 351 g/mol. The number of methoxy groups -OCH3 is 1. The first-order valence-corrected chi connectivity index (χ1v) is 7.43. The average Bonchev–Trinajstić information content (AvgIpc) is 2.95. The van der Waals surface area contributed by atoms with Crippen LogP contribution < -0.4 is 0 Å². The Morgan fingerprint density at radius 3 is 2.81 bits per heavy atom. The minimum atomic E-state index is -0.455. The van der Waals surface area contributed by atoms with Crippen LogP contribution in [0, 0.1) is 0 Å². The Balaban J connectivity index is 2.06. The smallest absolute Gasteiger partial charge is 0.373 e. The van der Waals surface area contributed by atoms with Crippen molar-refractivity contribution in [1.82, 2.24) is 4.90 Å². The van der Waals surface area contributed by atoms with E-state index in [2.05, 4.69) is 37.7 Å². The molecule has 4 nitrogen and oxygen atoms in total. The number of carbonyl (C=O) groups excluding carboxylic acids is 1. The van der Waals surface area contributed by atoms with Crippen molar-refractivity contribution < 1.29 is 13.9 Å². The SMILES string of the molecule is COC(=O)c1ccc(C(C)N(C)Cc2cccc(Br)c2)o1. The fourth-order valence-corrected chi connectivity index (χ4v) is 2.51. The molecule has 112 valence electrons. The average molecular weight is 352 g/mol. The van der Waals surface area contributed by atoms with Crippen LogP contribution in [0.1, 0.15) is 34.8 Å². The molecule has 0 aliphatic heterocycles. The molecule has 0 spiro atoms. The van der Waals surface area contributed by atoms with Crippen molar-refractivity contribution in [1.29, 1.82) is 0 Å². The fourth-order valence-electron chi connectivity index (χ4n) is 2.07. The Morgan fingerprint density at radius 2 is 2.14 bits per heavy atom. The van der Waals surface area contributed by atoms with Gasteiger partial charge in [-0.1, -0.05) is 28.1 Å². The molecule has 5 heteroatoms. The van der Waals surface area contributed by atoms with Crippen molar-refractivity contribution in [3.63, 3.8) is 0 Å². The summed E-state index contributed by atoms with van der Waals surface area (Å²) in [5.41, 5.74) is 1.21. The molecule has 0 amide bonds. The van der Waals surface area contributed by atoms with E-state index < -0.39 is 5.97 Å². The Morgan fingerprint density at radius 1 is 1.38 bits per heavy atom. The first kappa shape index (κ1) is 15.8. The zero-order valence-electron chi connectivity index (χ0n) is 12.3. The highest BCUT2D eigenvalue weighted by Crippen LogP contribution is 2.24. The summed E-state index contributed by atoms with van der Waals surface area (Å²) in [6, 6.07) is 11.7. The van der Waals surface area contributed by atoms with E-state index in [0.29, 0.717) is 0 Å². The van der Waals surface area contributed by atoms with Crippen molar-refractivity contribution in [3.05, 3.63) is 58.0 Å². The number of hydrogen-bond donors (Lipinski definition) is 0. The molecule has 0 bridgehead atoms. The van der Waals surface area contributed by atoms with Crippen LogP contribution >= 0.6 is 15.9 Å². The highest BCUT2D eigenvalue weighted by molar-refractivity contribution is 9.10. The first-order chi connectivity index (χ1) is 10.0. The maximum Gasteiger partial charge on any atom is 0.373 e. The number of furan rings is 1. The topological polar surface area (TPSA) is 42.7 Å². The van der Waals surface area contributed by atoms with Crippen molar-refractivity contribution in [2.75, 3.05) is 14.2 Å². The third kappa shape index (κ3) is 3.95. The summed E-state index contributed by atoms with van der Waals surface area (Å²) in [5.74, 6) is 0.520. The molecular weight excluding hydrogens is 334 g/mol. The van der Waals surface area contributed by atoms with Gasteiger partial charge in [-0.2, -0.15) is 0 Å². The van der Waals surface area contributed by atoms with E-state index in [0.717, 1.165) is 16.8 Å². The summed E-state index contributed by atoms with van der Waals surface area (Å²) in [7, 11) is 3.36. The van der Waals surface area contributed by atoms with E-state index in [1.54, 1.807) is 6.07 Å². The van der Waals surface area contributed by atoms with Crippen LogP contribution in [0.3, 0.4) is 0 Å². The fraction of sp³-hybridized carbons (Fsp3) is 0.312. The quantitative estimate of drug-likeness (QED) is 0.763. The van der Waals surface area contributed by atoms with Crippen LogP contribution in [0.15, 0.2) is 45.3 Å². The van der Waals surface area contributed by atoms with Gasteiger partial charge in [0.1, 0.15) is 5.76 Å². The van der Waals surface area contributed by atoms with Gasteiger partial charge in [-0.15, -0.1) is 0 Å². The van der Waals surface area contributed by atoms with Crippen molar-refractivity contribution in [2.45, 2.75) is 19.5 Å². The molecule has 0 saturated heterocycles. The molecule has 2 rings (SSSR count). The number of carbonyl (C=O) groups is 1. The maximum absolute atomic E-state index is 11.4. The van der Waals surface area contributed by atoms with Gasteiger partial charge in [-0.05, 0) is 43.8 Å². The summed E-state index contributed by atoms with van der Waals surface area (Å²) < 4.78 is 11.3. The van der Waals surface area contributed by atoms with E-state index in [9.17, 15) is 4.79 Å². The number of nitrogens with zero attached hydrogens (tertiary/aromatic N) is 1. The standard InChI is InChI=1S/C16H18BrNO3/c1-11(14-7-8-15(21-14)16(19)20-3)18(2)10-12-5-4-6-13(17)9-12/h4-9,11H,10H2,1-3H3. The Bertz CT molecular complexity index is 623. The highest BCUT2D eigenvalue weighted by atomic mass is 79.9. The van der Waals surface area contributed by atoms with Gasteiger partial charge < -0.3 is 9.15 Å². The van der Waals surface area contributed by atoms with Crippen LogP contribution in [-0.2, 0) is 11.3 Å². The van der Waals surface area contributed by atoms with Crippen molar-refractivity contribution in [3.8, 4) is 0 Å². The van der Waals surface area contributed by atoms with Crippen LogP contribution in [0.5, 0.6) is 0 Å². The molecule has 2 aromatic rings. The number of halogens is 1. The van der Waals surface area contributed by atoms with E-state index in [1.807, 2.05) is 32.2 Å². The molecule has 1 aromatic carbocycles. The minimum absolute atomic E-state index is 0.0578. The number of ether oxygens (including phenoxy) is 1. The van der Waals surface area contributed by atoms with Gasteiger partial charge in [0.05, 0.1) is 13.2 Å². The molecule has 1 heterocycles. The van der Waals surface area contributed by atoms with Crippen LogP contribution in [-0.4, -0.2) is 25.0 Å². The highest BCUT2D eigenvalue weighted by Gasteiger charge is 2.18. The lowest BCUT2D eigenvalue weighted by Gasteiger charge is -2.23. The summed E-state index contributed by atoms with van der Waals surface area (Å²) in [5, 5.41) is 0. The van der Waals surface area contributed by atoms with Gasteiger partial charge >= 0.3 is 5.97 Å². The van der Waals surface area contributed by atoms with Crippen molar-refractivity contribution in [2.24, 2.45) is 0 Å². The number of rotatable bonds is 5. The van der Waals surface area contributed by atoms with Crippen molar-refractivity contribution >= 4 is 21.9 Å². The van der Waals surface area contributed by atoms with Crippen LogP contribution in [0.4, 0.5) is 0 Å². The first-order valence-electron chi connectivity index (χ1n) is 6.64. The zero-order valence-corrected chi connectivity index (χ0v) is 13.9. The molecule has 0 radical (unpaired) electrons. The largest absolute Gasteiger partial charge is 0.463 e. The van der Waals surface area contributed by atoms with Gasteiger partial charge in [-0.3, -0.25) is 4.90 Å². The Labute approximate surface area is 132 Å². The second-order valence-electron chi connectivity index (χ2n) is 4.91. The molecule has 21 heavy (non-hydrogen) atoms. The second kappa shape index (κ2) is 6.91. The van der Waals surface area contributed by atoms with E-state index >= 15 is 0 Å². The summed E-state index contributed by atoms with van der Waals surface area (Å²) in [6.45, 7) is 2.83. The van der Waals surface area contributed by atoms with Gasteiger partial charge in [-0.25, -0.2) is 4.79 Å². The normalized spacial score (nSPS) is 12.4. The van der Waals surface area contributed by atoms with Gasteiger partial charge in [0.15, 0.2) is 0 Å². The Hall–Kier alpha value is -1.59. The summed E-state index contributed by atoms with van der Waals surface area (Å²) >= 11 is 3.47. The molecule has 0 fully saturated rings. The third-order valence-electron chi connectivity index (χ3n) is 3.41.